The van der Waals surface area contributed by atoms with E-state index in [4.69, 9.17) is 0 Å². The molecule has 1 atom stereocenters. The Morgan fingerprint density at radius 3 is 2.69 bits per heavy atom. The number of anilines is 1. The molecule has 1 heterocycles. The molecule has 90 valence electrons. The zero-order valence-corrected chi connectivity index (χ0v) is 10.6. The van der Waals surface area contributed by atoms with Crippen LogP contribution < -0.4 is 5.32 Å². The van der Waals surface area contributed by atoms with Gasteiger partial charge in [-0.3, -0.25) is 4.98 Å². The summed E-state index contributed by atoms with van der Waals surface area (Å²) in [5.74, 6) is 0. The summed E-state index contributed by atoms with van der Waals surface area (Å²) in [5.41, 5.74) is 1.15. The highest BCUT2D eigenvalue weighted by molar-refractivity contribution is 5.40. The molecule has 0 radical (unpaired) electrons. The number of aromatic nitrogens is 1. The lowest BCUT2D eigenvalue weighted by molar-refractivity contribution is 0.550. The van der Waals surface area contributed by atoms with Crippen molar-refractivity contribution < 1.29 is 0 Å². The van der Waals surface area contributed by atoms with E-state index in [2.05, 4.69) is 30.2 Å². The number of pyridine rings is 1. The summed E-state index contributed by atoms with van der Waals surface area (Å²) >= 11 is 0. The zero-order chi connectivity index (χ0) is 11.6. The Hall–Kier alpha value is -1.05. The van der Waals surface area contributed by atoms with Gasteiger partial charge in [0, 0.05) is 18.4 Å². The molecule has 2 heteroatoms. The largest absolute Gasteiger partial charge is 0.381 e. The van der Waals surface area contributed by atoms with Crippen molar-refractivity contribution in [3.05, 3.63) is 24.5 Å². The van der Waals surface area contributed by atoms with Gasteiger partial charge in [0.2, 0.25) is 0 Å². The van der Waals surface area contributed by atoms with Crippen LogP contribution >= 0.6 is 0 Å². The van der Waals surface area contributed by atoms with Crippen molar-refractivity contribution in [3.8, 4) is 0 Å². The molecule has 0 aliphatic heterocycles. The van der Waals surface area contributed by atoms with Crippen LogP contribution in [0.5, 0.6) is 0 Å². The van der Waals surface area contributed by atoms with Gasteiger partial charge < -0.3 is 5.32 Å². The molecule has 1 unspecified atom stereocenters. The van der Waals surface area contributed by atoms with E-state index in [1.807, 2.05) is 18.5 Å². The van der Waals surface area contributed by atoms with Gasteiger partial charge in [-0.1, -0.05) is 39.5 Å². The molecular weight excluding hydrogens is 196 g/mol. The normalized spacial score (nSPS) is 12.4. The van der Waals surface area contributed by atoms with Crippen molar-refractivity contribution in [1.82, 2.24) is 4.98 Å². The summed E-state index contributed by atoms with van der Waals surface area (Å²) < 4.78 is 0. The second kappa shape index (κ2) is 8.14. The van der Waals surface area contributed by atoms with Gasteiger partial charge in [0.1, 0.15) is 0 Å². The highest BCUT2D eigenvalue weighted by Gasteiger charge is 2.06. The van der Waals surface area contributed by atoms with Crippen LogP contribution in [0.15, 0.2) is 24.5 Å². The third kappa shape index (κ3) is 5.15. The molecule has 0 aromatic carbocycles. The van der Waals surface area contributed by atoms with E-state index < -0.39 is 0 Å². The Labute approximate surface area is 99.5 Å². The summed E-state index contributed by atoms with van der Waals surface area (Å²) in [6.07, 6.45) is 11.5. The quantitative estimate of drug-likeness (QED) is 0.663. The summed E-state index contributed by atoms with van der Waals surface area (Å²) in [4.78, 5) is 4.13. The van der Waals surface area contributed by atoms with Crippen LogP contribution in [0, 0.1) is 0 Å². The van der Waals surface area contributed by atoms with Gasteiger partial charge in [0.25, 0.3) is 0 Å². The van der Waals surface area contributed by atoms with Crippen LogP contribution in [-0.4, -0.2) is 11.0 Å². The molecule has 0 aliphatic rings. The van der Waals surface area contributed by atoms with E-state index in [0.717, 1.165) is 5.69 Å². The number of rotatable bonds is 8. The monoisotopic (exact) mass is 220 g/mol. The lowest BCUT2D eigenvalue weighted by atomic mass is 10.0. The van der Waals surface area contributed by atoms with Gasteiger partial charge in [-0.15, -0.1) is 0 Å². The molecule has 0 bridgehead atoms. The molecule has 1 aromatic rings. The van der Waals surface area contributed by atoms with Gasteiger partial charge in [-0.05, 0) is 25.0 Å². The average Bonchev–Trinajstić information content (AvgIpc) is 2.31. The van der Waals surface area contributed by atoms with Gasteiger partial charge in [0.05, 0.1) is 5.69 Å². The molecule has 0 fully saturated rings. The lowest BCUT2D eigenvalue weighted by Gasteiger charge is -2.18. The first-order valence-corrected chi connectivity index (χ1v) is 6.53. The first-order valence-electron chi connectivity index (χ1n) is 6.53. The molecule has 0 spiro atoms. The molecule has 0 saturated heterocycles. The van der Waals surface area contributed by atoms with Gasteiger partial charge in [0.15, 0.2) is 0 Å². The number of hydrogen-bond acceptors (Lipinski definition) is 2. The predicted molar refractivity (Wildman–Crippen MR) is 70.7 cm³/mol. The molecule has 1 aromatic heterocycles. The average molecular weight is 220 g/mol. The summed E-state index contributed by atoms with van der Waals surface area (Å²) in [5, 5.41) is 3.58. The molecule has 0 saturated carbocycles. The fourth-order valence-electron chi connectivity index (χ4n) is 1.96. The van der Waals surface area contributed by atoms with E-state index in [-0.39, 0.29) is 0 Å². The third-order valence-electron chi connectivity index (χ3n) is 2.83. The standard InChI is InChI=1S/C14H24N2/c1-3-5-6-9-13(8-4-2)16-14-10-7-11-15-12-14/h7,10-13,16H,3-6,8-9H2,1-2H3. The van der Waals surface area contributed by atoms with Crippen LogP contribution in [-0.2, 0) is 0 Å². The van der Waals surface area contributed by atoms with Crippen molar-refractivity contribution in [2.24, 2.45) is 0 Å². The van der Waals surface area contributed by atoms with Crippen molar-refractivity contribution >= 4 is 5.69 Å². The summed E-state index contributed by atoms with van der Waals surface area (Å²) in [6.45, 7) is 4.50. The number of hydrogen-bond donors (Lipinski definition) is 1. The van der Waals surface area contributed by atoms with E-state index in [1.54, 1.807) is 0 Å². The maximum atomic E-state index is 4.13. The number of nitrogens with zero attached hydrogens (tertiary/aromatic N) is 1. The minimum atomic E-state index is 0.612. The van der Waals surface area contributed by atoms with Crippen molar-refractivity contribution in [1.29, 1.82) is 0 Å². The smallest absolute Gasteiger partial charge is 0.0528 e. The Morgan fingerprint density at radius 2 is 2.06 bits per heavy atom. The second-order valence-electron chi connectivity index (χ2n) is 4.37. The Kier molecular flexibility index (Phi) is 6.62. The SMILES string of the molecule is CCCCCC(CCC)Nc1cccnc1. The van der Waals surface area contributed by atoms with Gasteiger partial charge in [-0.2, -0.15) is 0 Å². The van der Waals surface area contributed by atoms with Crippen LogP contribution in [0.2, 0.25) is 0 Å². The fourth-order valence-corrected chi connectivity index (χ4v) is 1.96. The summed E-state index contributed by atoms with van der Waals surface area (Å²) in [7, 11) is 0. The molecule has 1 rings (SSSR count). The van der Waals surface area contributed by atoms with E-state index in [1.165, 1.54) is 38.5 Å². The molecule has 16 heavy (non-hydrogen) atoms. The number of unbranched alkanes of at least 4 members (excludes halogenated alkanes) is 2. The van der Waals surface area contributed by atoms with E-state index in [0.29, 0.717) is 6.04 Å². The van der Waals surface area contributed by atoms with Crippen LogP contribution in [0.4, 0.5) is 5.69 Å². The Balaban J connectivity index is 2.38. The highest BCUT2D eigenvalue weighted by Crippen LogP contribution is 2.14. The van der Waals surface area contributed by atoms with Gasteiger partial charge in [-0.25, -0.2) is 0 Å². The van der Waals surface area contributed by atoms with Crippen LogP contribution in [0.25, 0.3) is 0 Å². The molecule has 0 aliphatic carbocycles. The van der Waals surface area contributed by atoms with Crippen molar-refractivity contribution in [3.63, 3.8) is 0 Å². The Morgan fingerprint density at radius 1 is 1.19 bits per heavy atom. The maximum absolute atomic E-state index is 4.13. The minimum absolute atomic E-state index is 0.612. The molecular formula is C14H24N2. The molecule has 1 N–H and O–H groups in total. The first-order chi connectivity index (χ1) is 7.86. The van der Waals surface area contributed by atoms with Crippen LogP contribution in [0.3, 0.4) is 0 Å². The van der Waals surface area contributed by atoms with Crippen molar-refractivity contribution in [2.45, 2.75) is 58.4 Å². The lowest BCUT2D eigenvalue weighted by Crippen LogP contribution is -2.19. The van der Waals surface area contributed by atoms with E-state index >= 15 is 0 Å². The molecule has 0 amide bonds. The fraction of sp³-hybridized carbons (Fsp3) is 0.643. The Bertz CT molecular complexity index is 259. The highest BCUT2D eigenvalue weighted by atomic mass is 14.9. The topological polar surface area (TPSA) is 24.9 Å². The maximum Gasteiger partial charge on any atom is 0.0528 e. The predicted octanol–water partition coefficient (Wildman–Crippen LogP) is 4.24. The van der Waals surface area contributed by atoms with Gasteiger partial charge >= 0.3 is 0 Å². The van der Waals surface area contributed by atoms with Crippen molar-refractivity contribution in [2.75, 3.05) is 5.32 Å². The minimum Gasteiger partial charge on any atom is -0.381 e. The van der Waals surface area contributed by atoms with E-state index in [9.17, 15) is 0 Å². The zero-order valence-electron chi connectivity index (χ0n) is 10.6. The third-order valence-corrected chi connectivity index (χ3v) is 2.83. The van der Waals surface area contributed by atoms with Crippen LogP contribution in [0.1, 0.15) is 52.4 Å². The number of nitrogens with one attached hydrogen (secondary N) is 1. The second-order valence-corrected chi connectivity index (χ2v) is 4.37. The summed E-state index contributed by atoms with van der Waals surface area (Å²) in [6, 6.07) is 4.69. The first kappa shape index (κ1) is 13.0. The molecule has 2 nitrogen and oxygen atoms in total.